The second-order valence-corrected chi connectivity index (χ2v) is 7.25. The molecule has 1 saturated heterocycles. The maximum absolute atomic E-state index is 11.8. The van der Waals surface area contributed by atoms with Crippen LogP contribution in [0, 0.1) is 0 Å². The molecule has 1 aliphatic rings. The lowest BCUT2D eigenvalue weighted by atomic mass is 9.87. The Balaban J connectivity index is 1.63. The Morgan fingerprint density at radius 2 is 1.96 bits per heavy atom. The van der Waals surface area contributed by atoms with Crippen LogP contribution < -0.4 is 10.1 Å². The van der Waals surface area contributed by atoms with Crippen molar-refractivity contribution in [2.24, 2.45) is 0 Å². The van der Waals surface area contributed by atoms with E-state index < -0.39 is 0 Å². The number of benzene rings is 1. The van der Waals surface area contributed by atoms with E-state index >= 15 is 0 Å². The predicted molar refractivity (Wildman–Crippen MR) is 94.1 cm³/mol. The SMILES string of the molecule is CC(C)(C)c1ccc(OCC(=O)NCCCN2CCCC2=O)cc1. The molecule has 1 aromatic carbocycles. The Hall–Kier alpha value is -2.04. The largest absolute Gasteiger partial charge is 0.484 e. The predicted octanol–water partition coefficient (Wildman–Crippen LogP) is 2.49. The van der Waals surface area contributed by atoms with Crippen LogP contribution in [0.2, 0.25) is 0 Å². The van der Waals surface area contributed by atoms with Crippen LogP contribution in [0.1, 0.15) is 45.6 Å². The molecule has 1 aromatic rings. The fraction of sp³-hybridized carbons (Fsp3) is 0.579. The van der Waals surface area contributed by atoms with Crippen LogP contribution in [0.3, 0.4) is 0 Å². The van der Waals surface area contributed by atoms with Crippen molar-refractivity contribution in [3.8, 4) is 5.75 Å². The fourth-order valence-corrected chi connectivity index (χ4v) is 2.69. The van der Waals surface area contributed by atoms with Crippen LogP contribution in [0.4, 0.5) is 0 Å². The first-order valence-electron chi connectivity index (χ1n) is 8.64. The minimum absolute atomic E-state index is 0.0114. The zero-order chi connectivity index (χ0) is 17.6. The van der Waals surface area contributed by atoms with E-state index in [1.54, 1.807) is 0 Å². The van der Waals surface area contributed by atoms with Crippen molar-refractivity contribution < 1.29 is 14.3 Å². The Morgan fingerprint density at radius 3 is 2.54 bits per heavy atom. The van der Waals surface area contributed by atoms with Gasteiger partial charge in [0.05, 0.1) is 0 Å². The summed E-state index contributed by atoms with van der Waals surface area (Å²) in [6, 6.07) is 7.85. The van der Waals surface area contributed by atoms with Crippen molar-refractivity contribution in [1.29, 1.82) is 0 Å². The third-order valence-electron chi connectivity index (χ3n) is 4.19. The maximum atomic E-state index is 11.8. The summed E-state index contributed by atoms with van der Waals surface area (Å²) >= 11 is 0. The summed E-state index contributed by atoms with van der Waals surface area (Å²) in [5, 5.41) is 2.83. The van der Waals surface area contributed by atoms with Gasteiger partial charge in [0.25, 0.3) is 5.91 Å². The Labute approximate surface area is 144 Å². The number of hydrogen-bond acceptors (Lipinski definition) is 3. The number of amides is 2. The van der Waals surface area contributed by atoms with Crippen LogP contribution in [-0.2, 0) is 15.0 Å². The molecule has 24 heavy (non-hydrogen) atoms. The van der Waals surface area contributed by atoms with Gasteiger partial charge in [0.1, 0.15) is 5.75 Å². The summed E-state index contributed by atoms with van der Waals surface area (Å²) in [5.74, 6) is 0.784. The second kappa shape index (κ2) is 8.18. The van der Waals surface area contributed by atoms with Gasteiger partial charge in [-0.2, -0.15) is 0 Å². The normalized spacial score (nSPS) is 14.8. The molecule has 5 heteroatoms. The third-order valence-corrected chi connectivity index (χ3v) is 4.19. The molecule has 2 rings (SSSR count). The van der Waals surface area contributed by atoms with E-state index in [0.29, 0.717) is 25.3 Å². The highest BCUT2D eigenvalue weighted by molar-refractivity contribution is 5.78. The number of hydrogen-bond donors (Lipinski definition) is 1. The maximum Gasteiger partial charge on any atom is 0.257 e. The van der Waals surface area contributed by atoms with Crippen molar-refractivity contribution in [1.82, 2.24) is 10.2 Å². The number of ether oxygens (including phenoxy) is 1. The highest BCUT2D eigenvalue weighted by Gasteiger charge is 2.19. The van der Waals surface area contributed by atoms with E-state index in [1.807, 2.05) is 29.2 Å². The Bertz CT molecular complexity index is 561. The van der Waals surface area contributed by atoms with Gasteiger partial charge in [-0.05, 0) is 36.0 Å². The van der Waals surface area contributed by atoms with E-state index in [2.05, 4.69) is 26.1 Å². The van der Waals surface area contributed by atoms with Gasteiger partial charge in [0, 0.05) is 26.1 Å². The molecule has 1 aliphatic heterocycles. The van der Waals surface area contributed by atoms with Crippen molar-refractivity contribution >= 4 is 11.8 Å². The van der Waals surface area contributed by atoms with Gasteiger partial charge < -0.3 is 15.0 Å². The molecule has 132 valence electrons. The highest BCUT2D eigenvalue weighted by Crippen LogP contribution is 2.24. The highest BCUT2D eigenvalue weighted by atomic mass is 16.5. The summed E-state index contributed by atoms with van der Waals surface area (Å²) in [7, 11) is 0. The first-order valence-corrected chi connectivity index (χ1v) is 8.64. The standard InChI is InChI=1S/C19H28N2O3/c1-19(2,3)15-7-9-16(10-8-15)24-14-17(22)20-11-5-13-21-12-4-6-18(21)23/h7-10H,4-6,11-14H2,1-3H3,(H,20,22). The number of nitrogens with one attached hydrogen (secondary N) is 1. The van der Waals surface area contributed by atoms with Crippen LogP contribution in [-0.4, -0.2) is 43.0 Å². The molecule has 0 spiro atoms. The van der Waals surface area contributed by atoms with Crippen molar-refractivity contribution in [3.05, 3.63) is 29.8 Å². The molecule has 0 unspecified atom stereocenters. The minimum atomic E-state index is -0.136. The number of likely N-dealkylation sites (tertiary alicyclic amines) is 1. The zero-order valence-corrected chi connectivity index (χ0v) is 14.9. The quantitative estimate of drug-likeness (QED) is 0.781. The van der Waals surface area contributed by atoms with Crippen molar-refractivity contribution in [2.75, 3.05) is 26.2 Å². The molecule has 0 bridgehead atoms. The molecule has 1 N–H and O–H groups in total. The van der Waals surface area contributed by atoms with Crippen LogP contribution in [0.15, 0.2) is 24.3 Å². The first-order chi connectivity index (χ1) is 11.4. The minimum Gasteiger partial charge on any atom is -0.484 e. The Kier molecular flexibility index (Phi) is 6.23. The van der Waals surface area contributed by atoms with E-state index in [4.69, 9.17) is 4.74 Å². The molecular weight excluding hydrogens is 304 g/mol. The van der Waals surface area contributed by atoms with Gasteiger partial charge in [-0.1, -0.05) is 32.9 Å². The van der Waals surface area contributed by atoms with Gasteiger partial charge >= 0.3 is 0 Å². The first kappa shape index (κ1) is 18.3. The van der Waals surface area contributed by atoms with Gasteiger partial charge in [0.2, 0.25) is 5.91 Å². The van der Waals surface area contributed by atoms with Gasteiger partial charge in [-0.25, -0.2) is 0 Å². The molecule has 5 nitrogen and oxygen atoms in total. The average molecular weight is 332 g/mol. The third kappa shape index (κ3) is 5.55. The number of carbonyl (C=O) groups is 2. The van der Waals surface area contributed by atoms with Gasteiger partial charge in [-0.15, -0.1) is 0 Å². The lowest BCUT2D eigenvalue weighted by Crippen LogP contribution is -2.33. The molecule has 0 aromatic heterocycles. The van der Waals surface area contributed by atoms with E-state index in [-0.39, 0.29) is 23.8 Å². The summed E-state index contributed by atoms with van der Waals surface area (Å²) < 4.78 is 5.51. The molecule has 0 aliphatic carbocycles. The molecule has 2 amide bonds. The molecule has 0 saturated carbocycles. The molecule has 0 radical (unpaired) electrons. The van der Waals surface area contributed by atoms with Gasteiger partial charge in [0.15, 0.2) is 6.61 Å². The average Bonchev–Trinajstić information content (AvgIpc) is 2.94. The summed E-state index contributed by atoms with van der Waals surface area (Å²) in [5.41, 5.74) is 1.34. The van der Waals surface area contributed by atoms with E-state index in [1.165, 1.54) is 5.56 Å². The monoisotopic (exact) mass is 332 g/mol. The van der Waals surface area contributed by atoms with Crippen LogP contribution in [0.5, 0.6) is 5.75 Å². The molecule has 1 fully saturated rings. The summed E-state index contributed by atoms with van der Waals surface area (Å²) in [6.45, 7) is 8.62. The number of rotatable bonds is 7. The molecular formula is C19H28N2O3. The second-order valence-electron chi connectivity index (χ2n) is 7.25. The molecule has 1 heterocycles. The van der Waals surface area contributed by atoms with E-state index in [9.17, 15) is 9.59 Å². The number of nitrogens with zero attached hydrogens (tertiary/aromatic N) is 1. The molecule has 0 atom stereocenters. The number of carbonyl (C=O) groups excluding carboxylic acids is 2. The van der Waals surface area contributed by atoms with Gasteiger partial charge in [-0.3, -0.25) is 9.59 Å². The smallest absolute Gasteiger partial charge is 0.257 e. The Morgan fingerprint density at radius 1 is 1.25 bits per heavy atom. The fourth-order valence-electron chi connectivity index (χ4n) is 2.69. The van der Waals surface area contributed by atoms with Crippen molar-refractivity contribution in [3.63, 3.8) is 0 Å². The summed E-state index contributed by atoms with van der Waals surface area (Å²) in [4.78, 5) is 25.1. The van der Waals surface area contributed by atoms with Crippen LogP contribution in [0.25, 0.3) is 0 Å². The summed E-state index contributed by atoms with van der Waals surface area (Å²) in [6.07, 6.45) is 2.39. The topological polar surface area (TPSA) is 58.6 Å². The van der Waals surface area contributed by atoms with Crippen LogP contribution >= 0.6 is 0 Å². The lowest BCUT2D eigenvalue weighted by Gasteiger charge is -2.19. The lowest BCUT2D eigenvalue weighted by molar-refractivity contribution is -0.127. The van der Waals surface area contributed by atoms with E-state index in [0.717, 1.165) is 19.4 Å². The zero-order valence-electron chi connectivity index (χ0n) is 14.9. The van der Waals surface area contributed by atoms with Crippen molar-refractivity contribution in [2.45, 2.75) is 45.4 Å².